The lowest BCUT2D eigenvalue weighted by Crippen LogP contribution is -2.47. The lowest BCUT2D eigenvalue weighted by molar-refractivity contribution is -0.118. The van der Waals surface area contributed by atoms with Crippen LogP contribution in [0.25, 0.3) is 10.7 Å². The van der Waals surface area contributed by atoms with Gasteiger partial charge >= 0.3 is 0 Å². The smallest absolute Gasteiger partial charge is 0.244 e. The Kier molecular flexibility index (Phi) is 6.15. The highest BCUT2D eigenvalue weighted by Gasteiger charge is 2.29. The number of rotatable bonds is 7. The number of aryl methyl sites for hydroxylation is 2. The molecular weight excluding hydrogens is 410 g/mol. The van der Waals surface area contributed by atoms with E-state index in [1.54, 1.807) is 38.2 Å². The summed E-state index contributed by atoms with van der Waals surface area (Å²) in [6.07, 6.45) is 3.53. The second kappa shape index (κ2) is 8.44. The Morgan fingerprint density at radius 2 is 1.90 bits per heavy atom. The molecule has 0 fully saturated rings. The Morgan fingerprint density at radius 3 is 2.48 bits per heavy atom. The number of carbonyl (C=O) groups is 1. The van der Waals surface area contributed by atoms with Gasteiger partial charge in [0, 0.05) is 19.4 Å². The van der Waals surface area contributed by atoms with Crippen molar-refractivity contribution in [1.82, 2.24) is 19.3 Å². The molecule has 2 N–H and O–H groups in total. The molecule has 10 heteroatoms. The van der Waals surface area contributed by atoms with Crippen LogP contribution in [0.1, 0.15) is 19.5 Å². The van der Waals surface area contributed by atoms with Crippen molar-refractivity contribution in [3.8, 4) is 10.7 Å². The number of imidazole rings is 1. The molecule has 0 aliphatic rings. The minimum absolute atomic E-state index is 0.112. The maximum atomic E-state index is 12.8. The maximum absolute atomic E-state index is 12.8. The minimum atomic E-state index is -3.83. The molecule has 1 atom stereocenters. The fourth-order valence-corrected chi connectivity index (χ4v) is 5.13. The van der Waals surface area contributed by atoms with Crippen molar-refractivity contribution in [2.75, 3.05) is 5.32 Å². The molecule has 0 aliphatic carbocycles. The zero-order valence-corrected chi connectivity index (χ0v) is 18.2. The number of hydrogen-bond acceptors (Lipinski definition) is 6. The number of hydrogen-bond donors (Lipinski definition) is 2. The Hall–Kier alpha value is -2.56. The van der Waals surface area contributed by atoms with Crippen LogP contribution in [0, 0.1) is 12.8 Å². The highest BCUT2D eigenvalue weighted by molar-refractivity contribution is 7.89. The van der Waals surface area contributed by atoms with Gasteiger partial charge in [-0.25, -0.2) is 18.4 Å². The summed E-state index contributed by atoms with van der Waals surface area (Å²) in [5.74, 6) is 0.0360. The lowest BCUT2D eigenvalue weighted by Gasteiger charge is -2.21. The summed E-state index contributed by atoms with van der Waals surface area (Å²) in [6, 6.07) is 7.03. The topological polar surface area (TPSA) is 106 Å². The quantitative estimate of drug-likeness (QED) is 0.596. The van der Waals surface area contributed by atoms with E-state index >= 15 is 0 Å². The van der Waals surface area contributed by atoms with Crippen molar-refractivity contribution in [2.24, 2.45) is 13.0 Å². The third-order valence-corrected chi connectivity index (χ3v) is 6.86. The van der Waals surface area contributed by atoms with Crippen LogP contribution in [-0.4, -0.2) is 34.9 Å². The van der Waals surface area contributed by atoms with Gasteiger partial charge in [-0.05, 0) is 25.0 Å². The van der Waals surface area contributed by atoms with Crippen molar-refractivity contribution in [2.45, 2.75) is 31.7 Å². The first-order valence-corrected chi connectivity index (χ1v) is 11.3. The molecule has 0 radical (unpaired) electrons. The van der Waals surface area contributed by atoms with Gasteiger partial charge in [-0.2, -0.15) is 4.72 Å². The van der Waals surface area contributed by atoms with Crippen molar-refractivity contribution >= 4 is 32.4 Å². The van der Waals surface area contributed by atoms with Crippen LogP contribution in [0.4, 0.5) is 5.13 Å². The van der Waals surface area contributed by atoms with E-state index in [2.05, 4.69) is 20.0 Å². The number of carbonyl (C=O) groups excluding carboxylic acids is 1. The molecule has 1 amide bonds. The zero-order chi connectivity index (χ0) is 21.2. The molecule has 0 aliphatic heterocycles. The number of sulfonamides is 1. The molecule has 1 aromatic carbocycles. The molecule has 0 bridgehead atoms. The van der Waals surface area contributed by atoms with Crippen LogP contribution in [0.2, 0.25) is 0 Å². The third-order valence-electron chi connectivity index (χ3n) is 4.34. The van der Waals surface area contributed by atoms with Gasteiger partial charge < -0.3 is 9.88 Å². The maximum Gasteiger partial charge on any atom is 0.244 e. The fraction of sp³-hybridized carbons (Fsp3) is 0.316. The Labute approximate surface area is 174 Å². The van der Waals surface area contributed by atoms with Crippen molar-refractivity contribution in [3.05, 3.63) is 48.4 Å². The second-order valence-electron chi connectivity index (χ2n) is 6.94. The van der Waals surface area contributed by atoms with E-state index in [0.717, 1.165) is 16.4 Å². The molecule has 29 heavy (non-hydrogen) atoms. The molecular formula is C19H23N5O3S2. The highest BCUT2D eigenvalue weighted by Crippen LogP contribution is 2.31. The zero-order valence-electron chi connectivity index (χ0n) is 16.6. The summed E-state index contributed by atoms with van der Waals surface area (Å²) in [6.45, 7) is 5.41. The Balaban J connectivity index is 1.80. The van der Waals surface area contributed by atoms with Crippen LogP contribution < -0.4 is 10.0 Å². The molecule has 0 saturated carbocycles. The summed E-state index contributed by atoms with van der Waals surface area (Å²) in [4.78, 5) is 22.5. The molecule has 3 rings (SSSR count). The summed E-state index contributed by atoms with van der Waals surface area (Å²) in [5, 5.41) is 3.14. The highest BCUT2D eigenvalue weighted by atomic mass is 32.2. The van der Waals surface area contributed by atoms with Crippen LogP contribution in [0.15, 0.2) is 47.6 Å². The average molecular weight is 434 g/mol. The van der Waals surface area contributed by atoms with Gasteiger partial charge in [0.25, 0.3) is 0 Å². The second-order valence-corrected chi connectivity index (χ2v) is 9.65. The van der Waals surface area contributed by atoms with Gasteiger partial charge in [-0.15, -0.1) is 0 Å². The summed E-state index contributed by atoms with van der Waals surface area (Å²) >= 11 is 1.30. The van der Waals surface area contributed by atoms with Gasteiger partial charge in [0.1, 0.15) is 6.04 Å². The van der Waals surface area contributed by atoms with E-state index in [4.69, 9.17) is 0 Å². The lowest BCUT2D eigenvalue weighted by atomic mass is 10.1. The van der Waals surface area contributed by atoms with E-state index in [0.29, 0.717) is 5.13 Å². The number of benzene rings is 1. The summed E-state index contributed by atoms with van der Waals surface area (Å²) in [7, 11) is -1.95. The summed E-state index contributed by atoms with van der Waals surface area (Å²) in [5.41, 5.74) is 0.741. The van der Waals surface area contributed by atoms with Gasteiger partial charge in [0.2, 0.25) is 15.9 Å². The van der Waals surface area contributed by atoms with E-state index in [1.807, 2.05) is 24.7 Å². The van der Waals surface area contributed by atoms with Crippen molar-refractivity contribution in [3.63, 3.8) is 0 Å². The molecule has 0 saturated heterocycles. The normalized spacial score (nSPS) is 12.9. The van der Waals surface area contributed by atoms with Crippen LogP contribution >= 0.6 is 11.3 Å². The number of amides is 1. The first-order valence-electron chi connectivity index (χ1n) is 9.02. The van der Waals surface area contributed by atoms with Gasteiger partial charge in [0.15, 0.2) is 11.0 Å². The fourth-order valence-electron chi connectivity index (χ4n) is 2.75. The predicted molar refractivity (Wildman–Crippen MR) is 113 cm³/mol. The standard InChI is InChI=1S/C19H23N5O3S2/c1-12(2)15(23-29(26,27)14-8-6-5-7-9-14)18(25)22-19-21-13(3)16(28-19)17-20-10-11-24(17)4/h5-12,15,23H,1-4H3,(H,21,22,25). The van der Waals surface area contributed by atoms with Crippen LogP contribution in [0.3, 0.4) is 0 Å². The third kappa shape index (κ3) is 4.72. The molecule has 154 valence electrons. The first-order chi connectivity index (χ1) is 13.7. The molecule has 0 spiro atoms. The molecule has 1 unspecified atom stereocenters. The molecule has 8 nitrogen and oxygen atoms in total. The number of nitrogens with one attached hydrogen (secondary N) is 2. The van der Waals surface area contributed by atoms with Gasteiger partial charge in [-0.3, -0.25) is 4.79 Å². The number of thiazole rings is 1. The number of anilines is 1. The van der Waals surface area contributed by atoms with Gasteiger partial charge in [-0.1, -0.05) is 43.4 Å². The monoisotopic (exact) mass is 433 g/mol. The number of aromatic nitrogens is 3. The van der Waals surface area contributed by atoms with Gasteiger partial charge in [0.05, 0.1) is 15.5 Å². The van der Waals surface area contributed by atoms with Crippen molar-refractivity contribution < 1.29 is 13.2 Å². The molecule has 3 aromatic rings. The van der Waals surface area contributed by atoms with E-state index < -0.39 is 22.0 Å². The molecule has 2 aromatic heterocycles. The van der Waals surface area contributed by atoms with Crippen molar-refractivity contribution in [1.29, 1.82) is 0 Å². The minimum Gasteiger partial charge on any atom is -0.333 e. The van der Waals surface area contributed by atoms with Crippen LogP contribution in [0.5, 0.6) is 0 Å². The van der Waals surface area contributed by atoms with Crippen LogP contribution in [-0.2, 0) is 21.9 Å². The van der Waals surface area contributed by atoms with E-state index in [1.165, 1.54) is 23.5 Å². The Morgan fingerprint density at radius 1 is 1.21 bits per heavy atom. The molecule has 2 heterocycles. The van der Waals surface area contributed by atoms with E-state index in [9.17, 15) is 13.2 Å². The first kappa shape index (κ1) is 21.2. The SMILES string of the molecule is Cc1nc(NC(=O)C(NS(=O)(=O)c2ccccc2)C(C)C)sc1-c1nccn1C. The number of nitrogens with zero attached hydrogens (tertiary/aromatic N) is 3. The average Bonchev–Trinajstić information content (AvgIpc) is 3.25. The predicted octanol–water partition coefficient (Wildman–Crippen LogP) is 2.79. The van der Waals surface area contributed by atoms with E-state index in [-0.39, 0.29) is 10.8 Å². The largest absolute Gasteiger partial charge is 0.333 e. The Bertz CT molecular complexity index is 1100. The summed E-state index contributed by atoms with van der Waals surface area (Å²) < 4.78 is 29.7.